The van der Waals surface area contributed by atoms with Crippen LogP contribution in [0.5, 0.6) is 0 Å². The van der Waals surface area contributed by atoms with Crippen LogP contribution in [0.4, 0.5) is 10.2 Å². The lowest BCUT2D eigenvalue weighted by atomic mass is 10.0. The van der Waals surface area contributed by atoms with Gasteiger partial charge in [0.15, 0.2) is 11.6 Å². The van der Waals surface area contributed by atoms with Crippen LogP contribution in [-0.2, 0) is 0 Å². The highest BCUT2D eigenvalue weighted by molar-refractivity contribution is 5.95. The predicted molar refractivity (Wildman–Crippen MR) is 67.7 cm³/mol. The number of fused-ring (bicyclic) bond motifs is 5. The average Bonchev–Trinajstić information content (AvgIpc) is 2.81. The van der Waals surface area contributed by atoms with Gasteiger partial charge < -0.3 is 11.1 Å². The number of amides is 1. The molecule has 3 saturated carbocycles. The molecule has 0 spiro atoms. The standard InChI is InChI=1S/C14H16FN3O/c15-11-8(3-4-17-13(11)16)14(19)18-12-9-6-1-2-7(5-6)10(9)12/h3-4,6-7,9-10,12H,1-2,5H2,(H2,16,17)(H,18,19). The van der Waals surface area contributed by atoms with Gasteiger partial charge in [0, 0.05) is 12.2 Å². The van der Waals surface area contributed by atoms with Crippen molar-refractivity contribution in [1.82, 2.24) is 10.3 Å². The van der Waals surface area contributed by atoms with E-state index in [0.29, 0.717) is 11.8 Å². The van der Waals surface area contributed by atoms with Crippen LogP contribution in [-0.4, -0.2) is 16.9 Å². The molecule has 3 N–H and O–H groups in total. The van der Waals surface area contributed by atoms with E-state index >= 15 is 0 Å². The van der Waals surface area contributed by atoms with Gasteiger partial charge >= 0.3 is 0 Å². The number of nitrogens with zero attached hydrogens (tertiary/aromatic N) is 1. The normalized spacial score (nSPS) is 38.1. The van der Waals surface area contributed by atoms with E-state index in [1.165, 1.54) is 31.5 Å². The molecule has 3 fully saturated rings. The minimum atomic E-state index is -0.714. The Labute approximate surface area is 110 Å². The first-order chi connectivity index (χ1) is 9.16. The molecule has 4 unspecified atom stereocenters. The Kier molecular flexibility index (Phi) is 2.17. The van der Waals surface area contributed by atoms with Gasteiger partial charge in [0.2, 0.25) is 0 Å². The molecule has 1 amide bonds. The Bertz CT molecular complexity index is 546. The number of nitrogens with one attached hydrogen (secondary N) is 1. The van der Waals surface area contributed by atoms with Crippen LogP contribution in [0.25, 0.3) is 0 Å². The molecule has 0 saturated heterocycles. The molecule has 0 radical (unpaired) electrons. The Morgan fingerprint density at radius 2 is 2.05 bits per heavy atom. The summed E-state index contributed by atoms with van der Waals surface area (Å²) in [5.41, 5.74) is 5.39. The molecule has 1 aromatic heterocycles. The second kappa shape index (κ2) is 3.68. The zero-order chi connectivity index (χ0) is 13.1. The maximum Gasteiger partial charge on any atom is 0.254 e. The van der Waals surface area contributed by atoms with E-state index in [2.05, 4.69) is 10.3 Å². The quantitative estimate of drug-likeness (QED) is 0.849. The maximum absolute atomic E-state index is 13.7. The number of hydrogen-bond donors (Lipinski definition) is 2. The first-order valence-corrected chi connectivity index (χ1v) is 6.87. The highest BCUT2D eigenvalue weighted by Gasteiger charge is 2.65. The smallest absolute Gasteiger partial charge is 0.254 e. The summed E-state index contributed by atoms with van der Waals surface area (Å²) >= 11 is 0. The van der Waals surface area contributed by atoms with Crippen LogP contribution in [0.15, 0.2) is 12.3 Å². The lowest BCUT2D eigenvalue weighted by Crippen LogP contribution is -2.30. The van der Waals surface area contributed by atoms with Gasteiger partial charge in [-0.15, -0.1) is 0 Å². The van der Waals surface area contributed by atoms with Gasteiger partial charge in [-0.25, -0.2) is 9.37 Å². The summed E-state index contributed by atoms with van der Waals surface area (Å²) in [5, 5.41) is 2.98. The van der Waals surface area contributed by atoms with Crippen LogP contribution in [0.2, 0.25) is 0 Å². The fourth-order valence-electron chi connectivity index (χ4n) is 4.38. The summed E-state index contributed by atoms with van der Waals surface area (Å²) in [6, 6.07) is 1.64. The Balaban J connectivity index is 1.50. The van der Waals surface area contributed by atoms with Gasteiger partial charge in [0.25, 0.3) is 5.91 Å². The number of hydrogen-bond acceptors (Lipinski definition) is 3. The molecular weight excluding hydrogens is 245 g/mol. The summed E-state index contributed by atoms with van der Waals surface area (Å²) < 4.78 is 13.7. The van der Waals surface area contributed by atoms with Crippen molar-refractivity contribution in [2.75, 3.05) is 5.73 Å². The number of nitrogens with two attached hydrogens (primary N) is 1. The van der Waals surface area contributed by atoms with Gasteiger partial charge in [0.1, 0.15) is 0 Å². The lowest BCUT2D eigenvalue weighted by molar-refractivity contribution is 0.0940. The van der Waals surface area contributed by atoms with Crippen molar-refractivity contribution < 1.29 is 9.18 Å². The van der Waals surface area contributed by atoms with E-state index in [1.54, 1.807) is 0 Å². The summed E-state index contributed by atoms with van der Waals surface area (Å²) in [7, 11) is 0. The van der Waals surface area contributed by atoms with Crippen molar-refractivity contribution in [2.45, 2.75) is 25.3 Å². The predicted octanol–water partition coefficient (Wildman–Crippen LogP) is 1.58. The van der Waals surface area contributed by atoms with Crippen molar-refractivity contribution in [3.8, 4) is 0 Å². The van der Waals surface area contributed by atoms with E-state index in [1.807, 2.05) is 0 Å². The number of aromatic nitrogens is 1. The van der Waals surface area contributed by atoms with Crippen molar-refractivity contribution in [1.29, 1.82) is 0 Å². The summed E-state index contributed by atoms with van der Waals surface area (Å²) in [5.74, 6) is 1.57. The van der Waals surface area contributed by atoms with E-state index in [4.69, 9.17) is 5.73 Å². The van der Waals surface area contributed by atoms with Gasteiger partial charge in [0.05, 0.1) is 5.56 Å². The third-order valence-corrected chi connectivity index (χ3v) is 5.19. The maximum atomic E-state index is 13.7. The second-order valence-electron chi connectivity index (χ2n) is 6.04. The number of nitrogen functional groups attached to an aromatic ring is 1. The van der Waals surface area contributed by atoms with Crippen LogP contribution in [0.3, 0.4) is 0 Å². The molecule has 100 valence electrons. The minimum Gasteiger partial charge on any atom is -0.381 e. The molecule has 3 aliphatic rings. The van der Waals surface area contributed by atoms with Gasteiger partial charge in [-0.05, 0) is 49.0 Å². The highest BCUT2D eigenvalue weighted by Crippen LogP contribution is 2.65. The lowest BCUT2D eigenvalue weighted by Gasteiger charge is -2.11. The zero-order valence-corrected chi connectivity index (χ0v) is 10.5. The van der Waals surface area contributed by atoms with Crippen LogP contribution >= 0.6 is 0 Å². The van der Waals surface area contributed by atoms with Crippen molar-refractivity contribution in [2.24, 2.45) is 23.7 Å². The molecule has 4 nitrogen and oxygen atoms in total. The Morgan fingerprint density at radius 3 is 2.74 bits per heavy atom. The molecule has 5 heteroatoms. The Hall–Kier alpha value is -1.65. The van der Waals surface area contributed by atoms with Gasteiger partial charge in [-0.3, -0.25) is 4.79 Å². The number of rotatable bonds is 2. The van der Waals surface area contributed by atoms with Crippen molar-refractivity contribution >= 4 is 11.7 Å². The first kappa shape index (κ1) is 11.2. The fraction of sp³-hybridized carbons (Fsp3) is 0.571. The van der Waals surface area contributed by atoms with Crippen molar-refractivity contribution in [3.63, 3.8) is 0 Å². The third kappa shape index (κ3) is 1.50. The minimum absolute atomic E-state index is 0.00446. The molecule has 4 atom stereocenters. The Morgan fingerprint density at radius 1 is 1.37 bits per heavy atom. The highest BCUT2D eigenvalue weighted by atomic mass is 19.1. The van der Waals surface area contributed by atoms with E-state index in [-0.39, 0.29) is 23.3 Å². The number of pyridine rings is 1. The largest absolute Gasteiger partial charge is 0.381 e. The average molecular weight is 261 g/mol. The second-order valence-corrected chi connectivity index (χ2v) is 6.04. The number of carbonyl (C=O) groups excluding carboxylic acids is 1. The summed E-state index contributed by atoms with van der Waals surface area (Å²) in [6.07, 6.45) is 5.30. The third-order valence-electron chi connectivity index (χ3n) is 5.19. The van der Waals surface area contributed by atoms with Gasteiger partial charge in [-0.2, -0.15) is 0 Å². The first-order valence-electron chi connectivity index (χ1n) is 6.87. The number of anilines is 1. The monoisotopic (exact) mass is 261 g/mol. The van der Waals surface area contributed by atoms with Gasteiger partial charge in [-0.1, -0.05) is 0 Å². The fourth-order valence-corrected chi connectivity index (χ4v) is 4.38. The molecule has 1 heterocycles. The van der Waals surface area contributed by atoms with Crippen molar-refractivity contribution in [3.05, 3.63) is 23.6 Å². The zero-order valence-electron chi connectivity index (χ0n) is 10.5. The summed E-state index contributed by atoms with van der Waals surface area (Å²) in [4.78, 5) is 15.7. The molecule has 3 aliphatic carbocycles. The van der Waals surface area contributed by atoms with Crippen LogP contribution < -0.4 is 11.1 Å². The van der Waals surface area contributed by atoms with Crippen LogP contribution in [0, 0.1) is 29.5 Å². The van der Waals surface area contributed by atoms with E-state index in [0.717, 1.165) is 11.8 Å². The molecule has 4 rings (SSSR count). The molecule has 19 heavy (non-hydrogen) atoms. The SMILES string of the molecule is Nc1nccc(C(=O)NC2C3C4CCC(C4)C23)c1F. The molecule has 0 aromatic carbocycles. The molecule has 1 aromatic rings. The number of halogens is 1. The summed E-state index contributed by atoms with van der Waals surface area (Å²) in [6.45, 7) is 0. The molecular formula is C14H16FN3O. The van der Waals surface area contributed by atoms with E-state index < -0.39 is 5.82 Å². The number of carbonyl (C=O) groups is 1. The molecule has 0 aliphatic heterocycles. The van der Waals surface area contributed by atoms with E-state index in [9.17, 15) is 9.18 Å². The van der Waals surface area contributed by atoms with Crippen LogP contribution in [0.1, 0.15) is 29.6 Å². The molecule has 2 bridgehead atoms. The topological polar surface area (TPSA) is 68.0 Å².